The smallest absolute Gasteiger partial charge is 0.0146 e. The first-order valence-electron chi connectivity index (χ1n) is 4.98. The van der Waals surface area contributed by atoms with Crippen molar-refractivity contribution in [3.63, 3.8) is 0 Å². The molecule has 0 bridgehead atoms. The molecule has 0 aromatic rings. The molecule has 0 nitrogen and oxygen atoms in total. The summed E-state index contributed by atoms with van der Waals surface area (Å²) in [7, 11) is 0. The predicted molar refractivity (Wildman–Crippen MR) is 55.0 cm³/mol. The molecule has 0 fully saturated rings. The number of allylic oxidation sites excluding steroid dienone is 2. The average Bonchev–Trinajstić information content (AvgIpc) is 1.96. The highest BCUT2D eigenvalue weighted by atomic mass is 14.4. The van der Waals surface area contributed by atoms with Crippen molar-refractivity contribution >= 4 is 0 Å². The van der Waals surface area contributed by atoms with E-state index in [9.17, 15) is 0 Å². The molecule has 0 saturated heterocycles. The Bertz CT molecular complexity index is 174. The summed E-state index contributed by atoms with van der Waals surface area (Å²) in [5.74, 6) is 1.55. The van der Waals surface area contributed by atoms with Gasteiger partial charge in [-0.1, -0.05) is 53.7 Å². The van der Waals surface area contributed by atoms with Crippen LogP contribution in [0.5, 0.6) is 0 Å². The molecule has 1 aliphatic carbocycles. The highest BCUT2D eigenvalue weighted by Gasteiger charge is 2.38. The zero-order valence-electron chi connectivity index (χ0n) is 9.31. The fourth-order valence-corrected chi connectivity index (χ4v) is 2.02. The van der Waals surface area contributed by atoms with Gasteiger partial charge in [-0.05, 0) is 22.7 Å². The molecule has 0 heterocycles. The van der Waals surface area contributed by atoms with Crippen molar-refractivity contribution in [3.05, 3.63) is 12.2 Å². The van der Waals surface area contributed by atoms with Crippen LogP contribution in [0, 0.1) is 22.7 Å². The summed E-state index contributed by atoms with van der Waals surface area (Å²) in [6.45, 7) is 14.1. The minimum atomic E-state index is 0.384. The Hall–Kier alpha value is -0.260. The third-order valence-electron chi connectivity index (χ3n) is 4.04. The molecule has 12 heavy (non-hydrogen) atoms. The number of hydrogen-bond donors (Lipinski definition) is 0. The number of hydrogen-bond acceptors (Lipinski definition) is 0. The third kappa shape index (κ3) is 1.44. The molecule has 0 spiro atoms. The van der Waals surface area contributed by atoms with Crippen LogP contribution in [0.2, 0.25) is 0 Å². The fraction of sp³-hybridized carbons (Fsp3) is 0.833. The monoisotopic (exact) mass is 166 g/mol. The lowest BCUT2D eigenvalue weighted by atomic mass is 9.60. The van der Waals surface area contributed by atoms with Crippen molar-refractivity contribution in [3.8, 4) is 0 Å². The van der Waals surface area contributed by atoms with E-state index in [2.05, 4.69) is 53.7 Å². The predicted octanol–water partition coefficient (Wildman–Crippen LogP) is 3.88. The first-order chi connectivity index (χ1) is 5.27. The molecule has 0 aromatic carbocycles. The second kappa shape index (κ2) is 2.61. The summed E-state index contributed by atoms with van der Waals surface area (Å²) >= 11 is 0. The Morgan fingerprint density at radius 2 is 1.00 bits per heavy atom. The van der Waals surface area contributed by atoms with Crippen molar-refractivity contribution in [1.82, 2.24) is 0 Å². The molecule has 0 amide bonds. The van der Waals surface area contributed by atoms with Gasteiger partial charge in [-0.25, -0.2) is 0 Å². The van der Waals surface area contributed by atoms with Crippen LogP contribution in [-0.4, -0.2) is 0 Å². The van der Waals surface area contributed by atoms with E-state index in [0.717, 1.165) is 11.8 Å². The van der Waals surface area contributed by atoms with Crippen LogP contribution in [0.15, 0.2) is 12.2 Å². The SMILES string of the molecule is CC1C(C)C(C)(C)C=CC1(C)C. The van der Waals surface area contributed by atoms with Gasteiger partial charge in [0.1, 0.15) is 0 Å². The summed E-state index contributed by atoms with van der Waals surface area (Å²) in [6, 6.07) is 0. The third-order valence-corrected chi connectivity index (χ3v) is 4.04. The highest BCUT2D eigenvalue weighted by molar-refractivity contribution is 5.11. The second-order valence-electron chi connectivity index (χ2n) is 5.55. The molecular weight excluding hydrogens is 144 g/mol. The summed E-state index contributed by atoms with van der Waals surface area (Å²) in [5, 5.41) is 0. The molecule has 0 aliphatic heterocycles. The maximum atomic E-state index is 2.39. The van der Waals surface area contributed by atoms with Crippen LogP contribution >= 0.6 is 0 Å². The molecule has 1 aliphatic rings. The largest absolute Gasteiger partial charge is 0.0820 e. The van der Waals surface area contributed by atoms with E-state index in [-0.39, 0.29) is 0 Å². The molecule has 0 saturated carbocycles. The lowest BCUT2D eigenvalue weighted by Crippen LogP contribution is -2.37. The Kier molecular flexibility index (Phi) is 2.14. The first kappa shape index (κ1) is 9.83. The molecule has 1 rings (SSSR count). The van der Waals surface area contributed by atoms with Gasteiger partial charge in [0, 0.05) is 0 Å². The van der Waals surface area contributed by atoms with Gasteiger partial charge < -0.3 is 0 Å². The highest BCUT2D eigenvalue weighted by Crippen LogP contribution is 2.47. The molecular formula is C12H22. The van der Waals surface area contributed by atoms with Crippen molar-refractivity contribution in [2.24, 2.45) is 22.7 Å². The van der Waals surface area contributed by atoms with Crippen molar-refractivity contribution in [2.45, 2.75) is 41.5 Å². The number of rotatable bonds is 0. The zero-order chi connectivity index (χ0) is 9.57. The van der Waals surface area contributed by atoms with E-state index < -0.39 is 0 Å². The van der Waals surface area contributed by atoms with Crippen LogP contribution in [-0.2, 0) is 0 Å². The van der Waals surface area contributed by atoms with Crippen LogP contribution < -0.4 is 0 Å². The summed E-state index contributed by atoms with van der Waals surface area (Å²) in [6.07, 6.45) is 4.77. The molecule has 2 unspecified atom stereocenters. The Morgan fingerprint density at radius 3 is 1.25 bits per heavy atom. The molecule has 0 heteroatoms. The Balaban J connectivity index is 2.99. The topological polar surface area (TPSA) is 0 Å². The van der Waals surface area contributed by atoms with E-state index in [4.69, 9.17) is 0 Å². The van der Waals surface area contributed by atoms with Crippen molar-refractivity contribution in [2.75, 3.05) is 0 Å². The summed E-state index contributed by atoms with van der Waals surface area (Å²) < 4.78 is 0. The summed E-state index contributed by atoms with van der Waals surface area (Å²) in [5.41, 5.74) is 0.768. The van der Waals surface area contributed by atoms with Crippen molar-refractivity contribution in [1.29, 1.82) is 0 Å². The van der Waals surface area contributed by atoms with E-state index in [1.54, 1.807) is 0 Å². The quantitative estimate of drug-likeness (QED) is 0.479. The standard InChI is InChI=1S/C12H22/c1-9-10(2)12(5,6)8-7-11(9,3)4/h7-10H,1-6H3. The van der Waals surface area contributed by atoms with Gasteiger partial charge in [-0.15, -0.1) is 0 Å². The van der Waals surface area contributed by atoms with Crippen LogP contribution in [0.3, 0.4) is 0 Å². The van der Waals surface area contributed by atoms with E-state index in [0.29, 0.717) is 10.8 Å². The van der Waals surface area contributed by atoms with E-state index in [1.165, 1.54) is 0 Å². The minimum absolute atomic E-state index is 0.384. The van der Waals surface area contributed by atoms with Gasteiger partial charge in [0.2, 0.25) is 0 Å². The molecule has 0 N–H and O–H groups in total. The van der Waals surface area contributed by atoms with Crippen LogP contribution in [0.25, 0.3) is 0 Å². The molecule has 70 valence electrons. The van der Waals surface area contributed by atoms with Gasteiger partial charge >= 0.3 is 0 Å². The van der Waals surface area contributed by atoms with Gasteiger partial charge in [0.05, 0.1) is 0 Å². The van der Waals surface area contributed by atoms with Crippen LogP contribution in [0.1, 0.15) is 41.5 Å². The normalized spacial score (nSPS) is 38.2. The lowest BCUT2D eigenvalue weighted by Gasteiger charge is -2.45. The lowest BCUT2D eigenvalue weighted by molar-refractivity contribution is 0.115. The second-order valence-corrected chi connectivity index (χ2v) is 5.55. The van der Waals surface area contributed by atoms with E-state index >= 15 is 0 Å². The fourth-order valence-electron chi connectivity index (χ4n) is 2.02. The zero-order valence-corrected chi connectivity index (χ0v) is 9.31. The minimum Gasteiger partial charge on any atom is -0.0820 e. The van der Waals surface area contributed by atoms with Crippen molar-refractivity contribution < 1.29 is 0 Å². The Morgan fingerprint density at radius 1 is 0.750 bits per heavy atom. The van der Waals surface area contributed by atoms with Gasteiger partial charge in [-0.2, -0.15) is 0 Å². The van der Waals surface area contributed by atoms with E-state index in [1.807, 2.05) is 0 Å². The maximum absolute atomic E-state index is 2.39. The Labute approximate surface area is 77.1 Å². The van der Waals surface area contributed by atoms with Crippen LogP contribution in [0.4, 0.5) is 0 Å². The summed E-state index contributed by atoms with van der Waals surface area (Å²) in [4.78, 5) is 0. The first-order valence-corrected chi connectivity index (χ1v) is 4.98. The van der Waals surface area contributed by atoms with Gasteiger partial charge in [0.25, 0.3) is 0 Å². The maximum Gasteiger partial charge on any atom is -0.0146 e. The molecule has 0 aromatic heterocycles. The van der Waals surface area contributed by atoms with Gasteiger partial charge in [0.15, 0.2) is 0 Å². The molecule has 0 radical (unpaired) electrons. The van der Waals surface area contributed by atoms with Gasteiger partial charge in [-0.3, -0.25) is 0 Å². The average molecular weight is 166 g/mol. The molecule has 2 atom stereocenters.